The van der Waals surface area contributed by atoms with E-state index in [2.05, 4.69) is 10.1 Å². The van der Waals surface area contributed by atoms with Crippen LogP contribution in [-0.4, -0.2) is 10.1 Å². The summed E-state index contributed by atoms with van der Waals surface area (Å²) in [6.45, 7) is 0. The van der Waals surface area contributed by atoms with Gasteiger partial charge >= 0.3 is 0 Å². The monoisotopic (exact) mass is 265 g/mol. The van der Waals surface area contributed by atoms with Crippen LogP contribution in [0.3, 0.4) is 0 Å². The minimum absolute atomic E-state index is 0.289. The van der Waals surface area contributed by atoms with Gasteiger partial charge in [0.25, 0.3) is 0 Å². The topological polar surface area (TPSA) is 64.9 Å². The van der Waals surface area contributed by atoms with Crippen LogP contribution >= 0.6 is 0 Å². The largest absolute Gasteiger partial charge is 0.337 e. The summed E-state index contributed by atoms with van der Waals surface area (Å²) in [6, 6.07) is 19.5. The first-order chi connectivity index (χ1) is 9.83. The third-order valence-corrected chi connectivity index (χ3v) is 3.09. The van der Waals surface area contributed by atoms with E-state index in [1.165, 1.54) is 0 Å². The Morgan fingerprint density at radius 1 is 0.950 bits per heavy atom. The fourth-order valence-corrected chi connectivity index (χ4v) is 2.05. The Balaban J connectivity index is 1.77. The van der Waals surface area contributed by atoms with Gasteiger partial charge in [0, 0.05) is 5.56 Å². The average molecular weight is 265 g/mol. The number of hydrogen-bond acceptors (Lipinski definition) is 4. The van der Waals surface area contributed by atoms with Crippen molar-refractivity contribution >= 4 is 0 Å². The summed E-state index contributed by atoms with van der Waals surface area (Å²) in [5, 5.41) is 3.98. The molecule has 0 unspecified atom stereocenters. The molecule has 1 atom stereocenters. The minimum atomic E-state index is -0.289. The molecular weight excluding hydrogens is 250 g/mol. The molecule has 0 amide bonds. The molecule has 0 saturated heterocycles. The van der Waals surface area contributed by atoms with Crippen LogP contribution in [-0.2, 0) is 6.42 Å². The van der Waals surface area contributed by atoms with Crippen molar-refractivity contribution in [1.82, 2.24) is 10.1 Å². The molecule has 0 radical (unpaired) electrons. The lowest BCUT2D eigenvalue weighted by atomic mass is 10.1. The molecule has 100 valence electrons. The number of rotatable bonds is 4. The first-order valence-corrected chi connectivity index (χ1v) is 6.51. The highest BCUT2D eigenvalue weighted by molar-refractivity contribution is 5.53. The number of hydrogen-bond donors (Lipinski definition) is 1. The van der Waals surface area contributed by atoms with Crippen molar-refractivity contribution in [3.63, 3.8) is 0 Å². The molecule has 1 aromatic heterocycles. The standard InChI is InChI=1S/C16H15N3O/c17-14(11-12-7-3-1-4-8-12)16-18-15(19-20-16)13-9-5-2-6-10-13/h1-10,14H,11,17H2/t14-/m0/s1. The maximum absolute atomic E-state index is 6.12. The van der Waals surface area contributed by atoms with Crippen molar-refractivity contribution in [1.29, 1.82) is 0 Å². The van der Waals surface area contributed by atoms with E-state index in [9.17, 15) is 0 Å². The van der Waals surface area contributed by atoms with E-state index in [4.69, 9.17) is 10.3 Å². The van der Waals surface area contributed by atoms with Crippen molar-refractivity contribution in [2.24, 2.45) is 5.73 Å². The van der Waals surface area contributed by atoms with Gasteiger partial charge in [-0.15, -0.1) is 0 Å². The predicted octanol–water partition coefficient (Wildman–Crippen LogP) is 2.98. The fraction of sp³-hybridized carbons (Fsp3) is 0.125. The highest BCUT2D eigenvalue weighted by Gasteiger charge is 2.15. The second-order valence-electron chi connectivity index (χ2n) is 4.62. The molecule has 2 aromatic carbocycles. The zero-order valence-electron chi connectivity index (χ0n) is 10.9. The summed E-state index contributed by atoms with van der Waals surface area (Å²) >= 11 is 0. The van der Waals surface area contributed by atoms with Gasteiger partial charge in [0.15, 0.2) is 0 Å². The van der Waals surface area contributed by atoms with Gasteiger partial charge in [0.1, 0.15) is 0 Å². The second-order valence-corrected chi connectivity index (χ2v) is 4.62. The Labute approximate surface area is 117 Å². The molecule has 0 aliphatic carbocycles. The van der Waals surface area contributed by atoms with E-state index in [0.29, 0.717) is 18.1 Å². The normalized spacial score (nSPS) is 12.2. The van der Waals surface area contributed by atoms with Crippen molar-refractivity contribution in [2.75, 3.05) is 0 Å². The Kier molecular flexibility index (Phi) is 3.56. The van der Waals surface area contributed by atoms with Gasteiger partial charge in [-0.1, -0.05) is 65.8 Å². The maximum Gasteiger partial charge on any atom is 0.244 e. The first kappa shape index (κ1) is 12.6. The zero-order chi connectivity index (χ0) is 13.8. The fourth-order valence-electron chi connectivity index (χ4n) is 2.05. The van der Waals surface area contributed by atoms with Gasteiger partial charge in [-0.05, 0) is 12.0 Å². The second kappa shape index (κ2) is 5.67. The van der Waals surface area contributed by atoms with Crippen molar-refractivity contribution in [3.8, 4) is 11.4 Å². The molecule has 3 rings (SSSR count). The summed E-state index contributed by atoms with van der Waals surface area (Å²) in [7, 11) is 0. The zero-order valence-corrected chi connectivity index (χ0v) is 10.9. The van der Waals surface area contributed by atoms with Crippen LogP contribution in [0.4, 0.5) is 0 Å². The van der Waals surface area contributed by atoms with Crippen molar-refractivity contribution < 1.29 is 4.52 Å². The smallest absolute Gasteiger partial charge is 0.244 e. The third-order valence-electron chi connectivity index (χ3n) is 3.09. The molecule has 1 heterocycles. The molecule has 3 aromatic rings. The molecule has 20 heavy (non-hydrogen) atoms. The van der Waals surface area contributed by atoms with Gasteiger partial charge in [-0.2, -0.15) is 4.98 Å². The Morgan fingerprint density at radius 2 is 1.60 bits per heavy atom. The summed E-state index contributed by atoms with van der Waals surface area (Å²) in [4.78, 5) is 4.37. The van der Waals surface area contributed by atoms with Crippen LogP contribution in [0.25, 0.3) is 11.4 Å². The van der Waals surface area contributed by atoms with Crippen LogP contribution in [0.2, 0.25) is 0 Å². The number of benzene rings is 2. The Hall–Kier alpha value is -2.46. The van der Waals surface area contributed by atoms with Crippen molar-refractivity contribution in [3.05, 3.63) is 72.1 Å². The number of nitrogens with two attached hydrogens (primary N) is 1. The molecule has 0 aliphatic rings. The summed E-state index contributed by atoms with van der Waals surface area (Å²) < 4.78 is 5.27. The minimum Gasteiger partial charge on any atom is -0.337 e. The van der Waals surface area contributed by atoms with Gasteiger partial charge in [0.05, 0.1) is 6.04 Å². The molecule has 0 saturated carbocycles. The van der Waals surface area contributed by atoms with Crippen LogP contribution < -0.4 is 5.73 Å². The first-order valence-electron chi connectivity index (χ1n) is 6.51. The molecule has 0 spiro atoms. The van der Waals surface area contributed by atoms with Gasteiger partial charge in [0.2, 0.25) is 11.7 Å². The van der Waals surface area contributed by atoms with Gasteiger partial charge in [-0.3, -0.25) is 0 Å². The van der Waals surface area contributed by atoms with E-state index in [-0.39, 0.29) is 6.04 Å². The van der Waals surface area contributed by atoms with E-state index < -0.39 is 0 Å². The SMILES string of the molecule is N[C@@H](Cc1ccccc1)c1nc(-c2ccccc2)no1. The molecule has 0 bridgehead atoms. The van der Waals surface area contributed by atoms with E-state index >= 15 is 0 Å². The summed E-state index contributed by atoms with van der Waals surface area (Å²) in [5.74, 6) is 1.04. The molecular formula is C16H15N3O. The molecule has 0 aliphatic heterocycles. The molecule has 0 fully saturated rings. The van der Waals surface area contributed by atoms with E-state index in [1.807, 2.05) is 60.7 Å². The lowest BCUT2D eigenvalue weighted by Gasteiger charge is -2.05. The quantitative estimate of drug-likeness (QED) is 0.787. The highest BCUT2D eigenvalue weighted by atomic mass is 16.5. The summed E-state index contributed by atoms with van der Waals surface area (Å²) in [5.41, 5.74) is 8.20. The van der Waals surface area contributed by atoms with E-state index in [0.717, 1.165) is 11.1 Å². The van der Waals surface area contributed by atoms with Crippen LogP contribution in [0, 0.1) is 0 Å². The molecule has 2 N–H and O–H groups in total. The van der Waals surface area contributed by atoms with Crippen LogP contribution in [0.5, 0.6) is 0 Å². The summed E-state index contributed by atoms with van der Waals surface area (Å²) in [6.07, 6.45) is 0.678. The molecule has 4 nitrogen and oxygen atoms in total. The predicted molar refractivity (Wildman–Crippen MR) is 76.8 cm³/mol. The van der Waals surface area contributed by atoms with Crippen LogP contribution in [0.1, 0.15) is 17.5 Å². The highest BCUT2D eigenvalue weighted by Crippen LogP contribution is 2.19. The Bertz CT molecular complexity index is 664. The lowest BCUT2D eigenvalue weighted by Crippen LogP contribution is -2.13. The average Bonchev–Trinajstić information content (AvgIpc) is 2.99. The number of nitrogens with zero attached hydrogens (tertiary/aromatic N) is 2. The third kappa shape index (κ3) is 2.75. The maximum atomic E-state index is 6.12. The van der Waals surface area contributed by atoms with Gasteiger partial charge in [-0.25, -0.2) is 0 Å². The van der Waals surface area contributed by atoms with Gasteiger partial charge < -0.3 is 10.3 Å². The molecule has 4 heteroatoms. The Morgan fingerprint density at radius 3 is 2.30 bits per heavy atom. The van der Waals surface area contributed by atoms with Crippen LogP contribution in [0.15, 0.2) is 65.2 Å². The number of aromatic nitrogens is 2. The van der Waals surface area contributed by atoms with Crippen molar-refractivity contribution in [2.45, 2.75) is 12.5 Å². The van der Waals surface area contributed by atoms with E-state index in [1.54, 1.807) is 0 Å². The lowest BCUT2D eigenvalue weighted by molar-refractivity contribution is 0.354.